The fourth-order valence-corrected chi connectivity index (χ4v) is 2.75. The van der Waals surface area contributed by atoms with Crippen molar-refractivity contribution in [2.45, 2.75) is 38.0 Å². The first-order valence-electron chi connectivity index (χ1n) is 7.64. The molecule has 3 rings (SSSR count). The molecule has 6 heteroatoms. The van der Waals surface area contributed by atoms with Gasteiger partial charge in [0.2, 0.25) is 11.7 Å². The van der Waals surface area contributed by atoms with E-state index in [1.165, 1.54) is 24.3 Å². The normalized spacial score (nSPS) is 16.7. The SMILES string of the molecule is N/C(=C\N(N)c1ccccc1)c1noc(C2CCCCC2)n1. The van der Waals surface area contributed by atoms with Crippen molar-refractivity contribution in [3.8, 4) is 0 Å². The van der Waals surface area contributed by atoms with Gasteiger partial charge in [0.1, 0.15) is 0 Å². The lowest BCUT2D eigenvalue weighted by Crippen LogP contribution is -2.25. The van der Waals surface area contributed by atoms with Gasteiger partial charge in [-0.25, -0.2) is 5.84 Å². The predicted octanol–water partition coefficient (Wildman–Crippen LogP) is 2.75. The van der Waals surface area contributed by atoms with E-state index in [1.807, 2.05) is 30.3 Å². The van der Waals surface area contributed by atoms with E-state index in [0.717, 1.165) is 18.5 Å². The number of aromatic nitrogens is 2. The minimum absolute atomic E-state index is 0.367. The molecule has 0 atom stereocenters. The number of nitrogens with zero attached hydrogens (tertiary/aromatic N) is 3. The monoisotopic (exact) mass is 299 g/mol. The third kappa shape index (κ3) is 3.28. The zero-order chi connectivity index (χ0) is 15.4. The van der Waals surface area contributed by atoms with Crippen molar-refractivity contribution in [1.82, 2.24) is 10.1 Å². The Hall–Kier alpha value is -2.34. The highest BCUT2D eigenvalue weighted by Crippen LogP contribution is 2.31. The predicted molar refractivity (Wildman–Crippen MR) is 85.4 cm³/mol. The summed E-state index contributed by atoms with van der Waals surface area (Å²) in [6, 6.07) is 9.55. The van der Waals surface area contributed by atoms with E-state index in [4.69, 9.17) is 16.1 Å². The molecule has 0 radical (unpaired) electrons. The van der Waals surface area contributed by atoms with Crippen molar-refractivity contribution in [2.75, 3.05) is 5.01 Å². The summed E-state index contributed by atoms with van der Waals surface area (Å²) < 4.78 is 5.37. The lowest BCUT2D eigenvalue weighted by Gasteiger charge is -2.17. The number of benzene rings is 1. The van der Waals surface area contributed by atoms with Gasteiger partial charge in [-0.05, 0) is 25.0 Å². The molecule has 1 aromatic carbocycles. The average molecular weight is 299 g/mol. The van der Waals surface area contributed by atoms with Crippen molar-refractivity contribution >= 4 is 11.4 Å². The van der Waals surface area contributed by atoms with Gasteiger partial charge in [0.25, 0.3) is 0 Å². The quantitative estimate of drug-likeness (QED) is 0.666. The molecule has 6 nitrogen and oxygen atoms in total. The molecule has 1 fully saturated rings. The Bertz CT molecular complexity index is 631. The molecule has 1 saturated carbocycles. The lowest BCUT2D eigenvalue weighted by molar-refractivity contribution is 0.313. The van der Waals surface area contributed by atoms with Crippen molar-refractivity contribution in [3.05, 3.63) is 48.2 Å². The molecular formula is C16H21N5O. The molecule has 0 aliphatic heterocycles. The van der Waals surface area contributed by atoms with Gasteiger partial charge in [-0.1, -0.05) is 42.6 Å². The average Bonchev–Trinajstić information content (AvgIpc) is 3.06. The second-order valence-electron chi connectivity index (χ2n) is 5.62. The molecule has 116 valence electrons. The van der Waals surface area contributed by atoms with Crippen LogP contribution in [-0.4, -0.2) is 10.1 Å². The fraction of sp³-hybridized carbons (Fsp3) is 0.375. The maximum absolute atomic E-state index is 6.03. The topological polar surface area (TPSA) is 94.2 Å². The molecule has 4 N–H and O–H groups in total. The van der Waals surface area contributed by atoms with Crippen molar-refractivity contribution in [1.29, 1.82) is 0 Å². The van der Waals surface area contributed by atoms with E-state index in [0.29, 0.717) is 23.3 Å². The molecule has 1 heterocycles. The number of hydrogen-bond acceptors (Lipinski definition) is 6. The van der Waals surface area contributed by atoms with Crippen LogP contribution < -0.4 is 16.6 Å². The molecule has 0 saturated heterocycles. The van der Waals surface area contributed by atoms with Gasteiger partial charge in [-0.15, -0.1) is 0 Å². The van der Waals surface area contributed by atoms with E-state index in [1.54, 1.807) is 6.20 Å². The third-order valence-corrected chi connectivity index (χ3v) is 3.99. The zero-order valence-electron chi connectivity index (χ0n) is 12.5. The highest BCUT2D eigenvalue weighted by atomic mass is 16.5. The van der Waals surface area contributed by atoms with Crippen LogP contribution in [0.4, 0.5) is 5.69 Å². The van der Waals surface area contributed by atoms with E-state index in [2.05, 4.69) is 10.1 Å². The molecule has 1 aliphatic carbocycles. The molecular weight excluding hydrogens is 278 g/mol. The standard InChI is InChI=1S/C16H21N5O/c17-14(11-21(18)13-9-5-2-6-10-13)15-19-16(22-20-15)12-7-3-1-4-8-12/h2,5-6,9-12H,1,3-4,7-8,17-18H2/b14-11-. The Labute approximate surface area is 129 Å². The van der Waals surface area contributed by atoms with Crippen LogP contribution in [0.5, 0.6) is 0 Å². The van der Waals surface area contributed by atoms with Crippen LogP contribution in [0.1, 0.15) is 49.7 Å². The minimum atomic E-state index is 0.367. The second kappa shape index (κ2) is 6.62. The van der Waals surface area contributed by atoms with Crippen LogP contribution in [0.15, 0.2) is 41.1 Å². The second-order valence-corrected chi connectivity index (χ2v) is 5.62. The Morgan fingerprint density at radius 1 is 1.18 bits per heavy atom. The highest BCUT2D eigenvalue weighted by Gasteiger charge is 2.22. The molecule has 0 bridgehead atoms. The van der Waals surface area contributed by atoms with Gasteiger partial charge in [0.15, 0.2) is 0 Å². The number of para-hydroxylation sites is 1. The number of hydrazine groups is 1. The zero-order valence-corrected chi connectivity index (χ0v) is 12.5. The van der Waals surface area contributed by atoms with Crippen molar-refractivity contribution in [2.24, 2.45) is 11.6 Å². The maximum Gasteiger partial charge on any atom is 0.230 e. The van der Waals surface area contributed by atoms with E-state index < -0.39 is 0 Å². The molecule has 0 unspecified atom stereocenters. The van der Waals surface area contributed by atoms with Gasteiger partial charge < -0.3 is 10.3 Å². The van der Waals surface area contributed by atoms with E-state index in [-0.39, 0.29) is 0 Å². The van der Waals surface area contributed by atoms with Crippen LogP contribution in [0, 0.1) is 0 Å². The van der Waals surface area contributed by atoms with Gasteiger partial charge in [-0.3, -0.25) is 5.01 Å². The molecule has 22 heavy (non-hydrogen) atoms. The molecule has 0 spiro atoms. The first-order valence-corrected chi connectivity index (χ1v) is 7.64. The maximum atomic E-state index is 6.03. The summed E-state index contributed by atoms with van der Waals surface area (Å²) in [5.74, 6) is 7.42. The molecule has 0 amide bonds. The van der Waals surface area contributed by atoms with Gasteiger partial charge in [0, 0.05) is 12.1 Å². The van der Waals surface area contributed by atoms with Crippen LogP contribution in [0.3, 0.4) is 0 Å². The molecule has 1 aromatic heterocycles. The summed E-state index contributed by atoms with van der Waals surface area (Å²) in [6.07, 6.45) is 7.55. The van der Waals surface area contributed by atoms with E-state index in [9.17, 15) is 0 Å². The van der Waals surface area contributed by atoms with Crippen molar-refractivity contribution in [3.63, 3.8) is 0 Å². The first-order chi connectivity index (χ1) is 10.7. The smallest absolute Gasteiger partial charge is 0.230 e. The minimum Gasteiger partial charge on any atom is -0.394 e. The van der Waals surface area contributed by atoms with Crippen LogP contribution >= 0.6 is 0 Å². The highest BCUT2D eigenvalue weighted by molar-refractivity contribution is 5.61. The number of anilines is 1. The number of hydrogen-bond donors (Lipinski definition) is 2. The molecule has 1 aliphatic rings. The Balaban J connectivity index is 1.73. The molecule has 2 aromatic rings. The fourth-order valence-electron chi connectivity index (χ4n) is 2.75. The van der Waals surface area contributed by atoms with Crippen LogP contribution in [0.25, 0.3) is 5.70 Å². The first kappa shape index (κ1) is 14.6. The summed E-state index contributed by atoms with van der Waals surface area (Å²) in [5.41, 5.74) is 7.25. The summed E-state index contributed by atoms with van der Waals surface area (Å²) in [5, 5.41) is 5.43. The Morgan fingerprint density at radius 3 is 2.64 bits per heavy atom. The summed E-state index contributed by atoms with van der Waals surface area (Å²) in [4.78, 5) is 4.43. The largest absolute Gasteiger partial charge is 0.394 e. The van der Waals surface area contributed by atoms with Crippen LogP contribution in [0.2, 0.25) is 0 Å². The van der Waals surface area contributed by atoms with Crippen LogP contribution in [-0.2, 0) is 0 Å². The number of nitrogens with two attached hydrogens (primary N) is 2. The lowest BCUT2D eigenvalue weighted by atomic mass is 9.89. The summed E-state index contributed by atoms with van der Waals surface area (Å²) in [7, 11) is 0. The Morgan fingerprint density at radius 2 is 1.91 bits per heavy atom. The summed E-state index contributed by atoms with van der Waals surface area (Å²) in [6.45, 7) is 0. The van der Waals surface area contributed by atoms with Crippen molar-refractivity contribution < 1.29 is 4.52 Å². The summed E-state index contributed by atoms with van der Waals surface area (Å²) >= 11 is 0. The number of rotatable bonds is 4. The van der Waals surface area contributed by atoms with E-state index >= 15 is 0 Å². The van der Waals surface area contributed by atoms with Gasteiger partial charge >= 0.3 is 0 Å². The third-order valence-electron chi connectivity index (χ3n) is 3.99. The van der Waals surface area contributed by atoms with Gasteiger partial charge in [0.05, 0.1) is 11.4 Å². The Kier molecular flexibility index (Phi) is 4.39. The van der Waals surface area contributed by atoms with Gasteiger partial charge in [-0.2, -0.15) is 4.98 Å².